The van der Waals surface area contributed by atoms with Crippen LogP contribution in [-0.2, 0) is 9.84 Å². The smallest absolute Gasteiger partial charge is 0.257 e. The minimum absolute atomic E-state index is 0.0711. The topological polar surface area (TPSA) is 85.4 Å². The van der Waals surface area contributed by atoms with Gasteiger partial charge in [-0.1, -0.05) is 23.7 Å². The summed E-state index contributed by atoms with van der Waals surface area (Å²) in [6, 6.07) is 11.5. The van der Waals surface area contributed by atoms with Gasteiger partial charge in [0.05, 0.1) is 22.7 Å². The first kappa shape index (κ1) is 19.3. The Labute approximate surface area is 165 Å². The summed E-state index contributed by atoms with van der Waals surface area (Å²) in [6.45, 7) is 0. The third kappa shape index (κ3) is 4.29. The third-order valence-corrected chi connectivity index (χ3v) is 6.04. The van der Waals surface area contributed by atoms with E-state index in [0.29, 0.717) is 16.6 Å². The van der Waals surface area contributed by atoms with Gasteiger partial charge in [-0.05, 0) is 30.3 Å². The molecular formula is C18H15ClN2O4S2. The van der Waals surface area contributed by atoms with Crippen LogP contribution in [0.25, 0.3) is 11.3 Å². The van der Waals surface area contributed by atoms with E-state index in [1.165, 1.54) is 29.5 Å². The van der Waals surface area contributed by atoms with Gasteiger partial charge in [0.2, 0.25) is 0 Å². The van der Waals surface area contributed by atoms with Crippen LogP contribution in [0, 0.1) is 0 Å². The fraction of sp³-hybridized carbons (Fsp3) is 0.111. The van der Waals surface area contributed by atoms with Gasteiger partial charge in [0.15, 0.2) is 15.0 Å². The van der Waals surface area contributed by atoms with E-state index in [4.69, 9.17) is 16.3 Å². The molecule has 140 valence electrons. The highest BCUT2D eigenvalue weighted by Crippen LogP contribution is 2.32. The Morgan fingerprint density at radius 3 is 2.67 bits per heavy atom. The number of ether oxygens (including phenoxy) is 1. The van der Waals surface area contributed by atoms with Crippen LogP contribution < -0.4 is 10.1 Å². The van der Waals surface area contributed by atoms with E-state index in [2.05, 4.69) is 10.3 Å². The van der Waals surface area contributed by atoms with Gasteiger partial charge >= 0.3 is 0 Å². The number of aromatic nitrogens is 1. The van der Waals surface area contributed by atoms with Crippen molar-refractivity contribution < 1.29 is 17.9 Å². The zero-order valence-corrected chi connectivity index (χ0v) is 16.8. The number of methoxy groups -OCH3 is 1. The number of para-hydroxylation sites is 1. The van der Waals surface area contributed by atoms with Crippen LogP contribution in [0.15, 0.2) is 52.7 Å². The molecule has 1 N–H and O–H groups in total. The number of carbonyl (C=O) groups is 1. The largest absolute Gasteiger partial charge is 0.496 e. The standard InChI is InChI=1S/C18H15ClN2O4S2/c1-25-15-6-4-3-5-12(15)14-10-26-18(20-14)21-17(22)11-7-8-13(19)16(9-11)27(2,23)24/h3-10H,1-2H3,(H,20,21,22). The molecule has 2 aromatic carbocycles. The van der Waals surface area contributed by atoms with E-state index in [0.717, 1.165) is 11.8 Å². The van der Waals surface area contributed by atoms with Gasteiger partial charge in [0, 0.05) is 22.8 Å². The van der Waals surface area contributed by atoms with Gasteiger partial charge in [-0.3, -0.25) is 10.1 Å². The highest BCUT2D eigenvalue weighted by molar-refractivity contribution is 7.90. The Balaban J connectivity index is 1.85. The number of halogens is 1. The lowest BCUT2D eigenvalue weighted by Gasteiger charge is -2.06. The lowest BCUT2D eigenvalue weighted by molar-refractivity contribution is 0.102. The van der Waals surface area contributed by atoms with Crippen molar-refractivity contribution >= 4 is 43.8 Å². The Bertz CT molecular complexity index is 1110. The lowest BCUT2D eigenvalue weighted by Crippen LogP contribution is -2.12. The first-order valence-corrected chi connectivity index (χ1v) is 10.8. The number of hydrogen-bond acceptors (Lipinski definition) is 6. The molecule has 0 fully saturated rings. The van der Waals surface area contributed by atoms with Gasteiger partial charge < -0.3 is 4.74 Å². The highest BCUT2D eigenvalue weighted by Gasteiger charge is 2.17. The zero-order valence-electron chi connectivity index (χ0n) is 14.4. The molecule has 0 atom stereocenters. The molecule has 1 heterocycles. The van der Waals surface area contributed by atoms with Crippen LogP contribution in [0.5, 0.6) is 5.75 Å². The molecule has 3 rings (SSSR count). The van der Waals surface area contributed by atoms with Crippen LogP contribution in [-0.4, -0.2) is 32.7 Å². The summed E-state index contributed by atoms with van der Waals surface area (Å²) >= 11 is 7.17. The van der Waals surface area contributed by atoms with Crippen molar-refractivity contribution in [3.63, 3.8) is 0 Å². The number of benzene rings is 2. The van der Waals surface area contributed by atoms with Gasteiger partial charge in [-0.25, -0.2) is 13.4 Å². The van der Waals surface area contributed by atoms with Gasteiger partial charge in [-0.2, -0.15) is 0 Å². The second-order valence-electron chi connectivity index (χ2n) is 5.61. The van der Waals surface area contributed by atoms with Crippen molar-refractivity contribution in [3.8, 4) is 17.0 Å². The number of nitrogens with zero attached hydrogens (tertiary/aromatic N) is 1. The minimum Gasteiger partial charge on any atom is -0.496 e. The predicted octanol–water partition coefficient (Wildman–Crippen LogP) is 4.13. The minimum atomic E-state index is -3.54. The first-order valence-electron chi connectivity index (χ1n) is 7.69. The second kappa shape index (κ2) is 7.67. The van der Waals surface area contributed by atoms with Crippen molar-refractivity contribution in [3.05, 3.63) is 58.4 Å². The van der Waals surface area contributed by atoms with E-state index in [1.807, 2.05) is 24.3 Å². The number of carbonyl (C=O) groups excluding carboxylic acids is 1. The predicted molar refractivity (Wildman–Crippen MR) is 107 cm³/mol. The maximum absolute atomic E-state index is 12.5. The summed E-state index contributed by atoms with van der Waals surface area (Å²) in [5, 5.41) is 4.93. The van der Waals surface area contributed by atoms with Crippen LogP contribution in [0.4, 0.5) is 5.13 Å². The monoisotopic (exact) mass is 422 g/mol. The van der Waals surface area contributed by atoms with Crippen molar-refractivity contribution in [1.29, 1.82) is 0 Å². The summed E-state index contributed by atoms with van der Waals surface area (Å²) in [4.78, 5) is 16.8. The van der Waals surface area contributed by atoms with Gasteiger partial charge in [0.25, 0.3) is 5.91 Å². The maximum Gasteiger partial charge on any atom is 0.257 e. The zero-order chi connectivity index (χ0) is 19.6. The summed E-state index contributed by atoms with van der Waals surface area (Å²) in [6.07, 6.45) is 1.04. The molecule has 0 saturated heterocycles. The van der Waals surface area contributed by atoms with Crippen LogP contribution in [0.2, 0.25) is 5.02 Å². The van der Waals surface area contributed by atoms with E-state index in [9.17, 15) is 13.2 Å². The summed E-state index contributed by atoms with van der Waals surface area (Å²) in [5.41, 5.74) is 1.65. The number of anilines is 1. The summed E-state index contributed by atoms with van der Waals surface area (Å²) in [5.74, 6) is 0.202. The van der Waals surface area contributed by atoms with Crippen molar-refractivity contribution in [2.75, 3.05) is 18.7 Å². The number of nitrogens with one attached hydrogen (secondary N) is 1. The molecule has 0 aliphatic carbocycles. The Morgan fingerprint density at radius 2 is 1.96 bits per heavy atom. The fourth-order valence-electron chi connectivity index (χ4n) is 2.41. The molecule has 0 aliphatic heterocycles. The number of amides is 1. The molecule has 27 heavy (non-hydrogen) atoms. The molecule has 3 aromatic rings. The number of hydrogen-bond donors (Lipinski definition) is 1. The Kier molecular flexibility index (Phi) is 5.50. The van der Waals surface area contributed by atoms with Crippen molar-refractivity contribution in [1.82, 2.24) is 4.98 Å². The highest BCUT2D eigenvalue weighted by atomic mass is 35.5. The molecule has 1 amide bonds. The Hall–Kier alpha value is -2.42. The normalized spacial score (nSPS) is 11.2. The molecule has 0 aliphatic rings. The summed E-state index contributed by atoms with van der Waals surface area (Å²) < 4.78 is 28.9. The average molecular weight is 423 g/mol. The van der Waals surface area contributed by atoms with Crippen LogP contribution in [0.3, 0.4) is 0 Å². The Morgan fingerprint density at radius 1 is 1.22 bits per heavy atom. The molecule has 9 heteroatoms. The average Bonchev–Trinajstić information content (AvgIpc) is 3.09. The van der Waals surface area contributed by atoms with Gasteiger partial charge in [0.1, 0.15) is 5.75 Å². The third-order valence-electron chi connectivity index (χ3n) is 3.70. The molecule has 1 aromatic heterocycles. The fourth-order valence-corrected chi connectivity index (χ4v) is 4.42. The molecule has 0 bridgehead atoms. The van der Waals surface area contributed by atoms with Crippen LogP contribution >= 0.6 is 22.9 Å². The quantitative estimate of drug-likeness (QED) is 0.668. The van der Waals surface area contributed by atoms with Crippen molar-refractivity contribution in [2.45, 2.75) is 4.90 Å². The van der Waals surface area contributed by atoms with Gasteiger partial charge in [-0.15, -0.1) is 11.3 Å². The molecule has 0 radical (unpaired) electrons. The molecule has 0 spiro atoms. The lowest BCUT2D eigenvalue weighted by atomic mass is 10.1. The maximum atomic E-state index is 12.5. The first-order chi connectivity index (χ1) is 12.8. The van der Waals surface area contributed by atoms with E-state index >= 15 is 0 Å². The van der Waals surface area contributed by atoms with E-state index < -0.39 is 15.7 Å². The van der Waals surface area contributed by atoms with E-state index in [-0.39, 0.29) is 15.5 Å². The molecule has 6 nitrogen and oxygen atoms in total. The van der Waals surface area contributed by atoms with Crippen molar-refractivity contribution in [2.24, 2.45) is 0 Å². The molecule has 0 saturated carbocycles. The molecular weight excluding hydrogens is 408 g/mol. The molecule has 0 unspecified atom stereocenters. The number of sulfone groups is 1. The number of thiazole rings is 1. The van der Waals surface area contributed by atoms with Crippen LogP contribution in [0.1, 0.15) is 10.4 Å². The SMILES string of the molecule is COc1ccccc1-c1csc(NC(=O)c2ccc(Cl)c(S(C)(=O)=O)c2)n1. The number of rotatable bonds is 5. The second-order valence-corrected chi connectivity index (χ2v) is 8.86. The van der Waals surface area contributed by atoms with E-state index in [1.54, 1.807) is 12.5 Å². The summed E-state index contributed by atoms with van der Waals surface area (Å²) in [7, 11) is -1.96.